The fraction of sp³-hybridized carbons (Fsp3) is 0.222. The van der Waals surface area contributed by atoms with E-state index in [1.54, 1.807) is 16.9 Å². The Kier molecular flexibility index (Phi) is 3.43. The van der Waals surface area contributed by atoms with E-state index in [1.807, 2.05) is 13.2 Å². The van der Waals surface area contributed by atoms with E-state index < -0.39 is 0 Å². The van der Waals surface area contributed by atoms with Crippen molar-refractivity contribution in [3.63, 3.8) is 0 Å². The molecule has 1 aliphatic rings. The van der Waals surface area contributed by atoms with Crippen LogP contribution in [0.15, 0.2) is 35.1 Å². The Morgan fingerprint density at radius 1 is 1.19 bits per heavy atom. The fourth-order valence-corrected chi connectivity index (χ4v) is 4.20. The second kappa shape index (κ2) is 5.70. The van der Waals surface area contributed by atoms with E-state index in [0.29, 0.717) is 11.5 Å². The Morgan fingerprint density at radius 3 is 2.96 bits per heavy atom. The van der Waals surface area contributed by atoms with Gasteiger partial charge in [-0.3, -0.25) is 4.98 Å². The lowest BCUT2D eigenvalue weighted by atomic mass is 10.0. The van der Waals surface area contributed by atoms with Crippen molar-refractivity contribution in [1.82, 2.24) is 25.0 Å². The molecule has 0 aliphatic carbocycles. The number of pyridine rings is 2. The molecule has 4 heterocycles. The van der Waals surface area contributed by atoms with E-state index in [9.17, 15) is 4.39 Å². The molecule has 26 heavy (non-hydrogen) atoms. The molecule has 5 rings (SSSR count). The van der Waals surface area contributed by atoms with Crippen LogP contribution in [-0.4, -0.2) is 31.5 Å². The molecule has 8 heteroatoms. The van der Waals surface area contributed by atoms with Crippen LogP contribution in [0.2, 0.25) is 0 Å². The molecular weight excluding hydrogens is 399 g/mol. The normalized spacial score (nSPS) is 14.2. The lowest BCUT2D eigenvalue weighted by Gasteiger charge is -2.31. The average molecular weight is 413 g/mol. The summed E-state index contributed by atoms with van der Waals surface area (Å²) in [5.41, 5.74) is 3.54. The zero-order chi connectivity index (χ0) is 17.8. The molecule has 0 atom stereocenters. The van der Waals surface area contributed by atoms with Gasteiger partial charge >= 0.3 is 0 Å². The lowest BCUT2D eigenvalue weighted by Crippen LogP contribution is -2.26. The number of rotatable bonds is 1. The van der Waals surface area contributed by atoms with Crippen LogP contribution in [0.3, 0.4) is 0 Å². The largest absolute Gasteiger partial charge is 0.324 e. The number of nitrogens with zero attached hydrogens (tertiary/aromatic N) is 6. The van der Waals surface area contributed by atoms with Crippen LogP contribution < -0.4 is 4.90 Å². The van der Waals surface area contributed by atoms with E-state index in [2.05, 4.69) is 36.1 Å². The first-order valence-electron chi connectivity index (χ1n) is 8.32. The summed E-state index contributed by atoms with van der Waals surface area (Å²) in [5, 5.41) is 9.89. The molecule has 130 valence electrons. The Balaban J connectivity index is 1.85. The van der Waals surface area contributed by atoms with Crippen LogP contribution in [0.5, 0.6) is 0 Å². The van der Waals surface area contributed by atoms with Crippen LogP contribution in [0.1, 0.15) is 12.0 Å². The molecule has 0 unspecified atom stereocenters. The summed E-state index contributed by atoms with van der Waals surface area (Å²) in [4.78, 5) is 11.2. The van der Waals surface area contributed by atoms with E-state index in [4.69, 9.17) is 4.98 Å². The molecule has 6 nitrogen and oxygen atoms in total. The van der Waals surface area contributed by atoms with E-state index in [0.717, 1.165) is 45.8 Å². The number of anilines is 2. The number of aryl methyl sites for hydroxylation is 1. The molecule has 0 spiro atoms. The minimum atomic E-state index is -0.292. The van der Waals surface area contributed by atoms with Gasteiger partial charge in [-0.25, -0.2) is 14.1 Å². The molecular formula is C18H14BrFN6. The third-order valence-corrected chi connectivity index (χ3v) is 5.52. The summed E-state index contributed by atoms with van der Waals surface area (Å²) in [6, 6.07) is 4.76. The van der Waals surface area contributed by atoms with E-state index in [1.165, 1.54) is 17.7 Å². The quantitative estimate of drug-likeness (QED) is 0.474. The summed E-state index contributed by atoms with van der Waals surface area (Å²) < 4.78 is 16.7. The number of benzene rings is 1. The van der Waals surface area contributed by atoms with Gasteiger partial charge in [0.2, 0.25) is 5.65 Å². The molecule has 0 saturated heterocycles. The second-order valence-corrected chi connectivity index (χ2v) is 7.24. The van der Waals surface area contributed by atoms with Crippen molar-refractivity contribution in [2.24, 2.45) is 7.05 Å². The highest BCUT2D eigenvalue weighted by Gasteiger charge is 2.25. The van der Waals surface area contributed by atoms with E-state index in [-0.39, 0.29) is 5.82 Å². The summed E-state index contributed by atoms with van der Waals surface area (Å²) in [7, 11) is 1.82. The van der Waals surface area contributed by atoms with Gasteiger partial charge < -0.3 is 4.90 Å². The zero-order valence-electron chi connectivity index (χ0n) is 13.9. The molecule has 0 saturated carbocycles. The van der Waals surface area contributed by atoms with E-state index >= 15 is 0 Å². The van der Waals surface area contributed by atoms with Gasteiger partial charge in [-0.15, -0.1) is 5.10 Å². The van der Waals surface area contributed by atoms with Gasteiger partial charge in [0.25, 0.3) is 0 Å². The second-order valence-electron chi connectivity index (χ2n) is 6.38. The summed E-state index contributed by atoms with van der Waals surface area (Å²) in [6.07, 6.45) is 5.59. The predicted molar refractivity (Wildman–Crippen MR) is 101 cm³/mol. The number of hydrogen-bond donors (Lipinski definition) is 0. The minimum absolute atomic E-state index is 0.292. The number of fused-ring (bicyclic) bond motifs is 4. The molecule has 0 radical (unpaired) electrons. The SMILES string of the molecule is Cn1nnc2nc(N3CCCc4c(Br)cncc43)c3cc(F)ccc3c21. The number of halogens is 2. The Hall–Kier alpha value is -2.61. The van der Waals surface area contributed by atoms with Crippen molar-refractivity contribution >= 4 is 49.4 Å². The van der Waals surface area contributed by atoms with Gasteiger partial charge in [0.05, 0.1) is 11.9 Å². The standard InChI is InChI=1S/C18H14BrFN6/c1-25-16-11-5-4-10(20)7-13(11)18(22-17(16)23-24-25)26-6-2-3-12-14(19)8-21-9-15(12)26/h4-5,7-9H,2-3,6H2,1H3. The van der Waals surface area contributed by atoms with Gasteiger partial charge in [-0.2, -0.15) is 0 Å². The van der Waals surface area contributed by atoms with Gasteiger partial charge in [0, 0.05) is 35.0 Å². The Bertz CT molecular complexity index is 1170. The molecule has 1 aromatic carbocycles. The molecule has 0 N–H and O–H groups in total. The summed E-state index contributed by atoms with van der Waals surface area (Å²) in [6.45, 7) is 0.787. The first kappa shape index (κ1) is 15.6. The third kappa shape index (κ3) is 2.21. The Morgan fingerprint density at radius 2 is 2.08 bits per heavy atom. The molecule has 0 amide bonds. The number of aromatic nitrogens is 5. The van der Waals surface area contributed by atoms with Gasteiger partial charge in [-0.05, 0) is 52.5 Å². The van der Waals surface area contributed by atoms with Crippen LogP contribution >= 0.6 is 15.9 Å². The number of hydrogen-bond acceptors (Lipinski definition) is 5. The zero-order valence-corrected chi connectivity index (χ0v) is 15.5. The lowest BCUT2D eigenvalue weighted by molar-refractivity contribution is 0.629. The highest BCUT2D eigenvalue weighted by molar-refractivity contribution is 9.10. The van der Waals surface area contributed by atoms with Crippen LogP contribution in [-0.2, 0) is 13.5 Å². The van der Waals surface area contributed by atoms with Crippen molar-refractivity contribution in [2.45, 2.75) is 12.8 Å². The van der Waals surface area contributed by atoms with Crippen molar-refractivity contribution in [3.8, 4) is 0 Å². The monoisotopic (exact) mass is 412 g/mol. The maximum absolute atomic E-state index is 14.1. The van der Waals surface area contributed by atoms with Gasteiger partial charge in [-0.1, -0.05) is 5.21 Å². The third-order valence-electron chi connectivity index (χ3n) is 4.84. The van der Waals surface area contributed by atoms with Crippen molar-refractivity contribution in [1.29, 1.82) is 0 Å². The van der Waals surface area contributed by atoms with Gasteiger partial charge in [0.15, 0.2) is 0 Å². The summed E-state index contributed by atoms with van der Waals surface area (Å²) in [5.74, 6) is 0.396. The highest BCUT2D eigenvalue weighted by Crippen LogP contribution is 2.39. The summed E-state index contributed by atoms with van der Waals surface area (Å²) >= 11 is 3.59. The predicted octanol–water partition coefficient (Wildman–Crippen LogP) is 3.90. The fourth-order valence-electron chi connectivity index (χ4n) is 3.68. The van der Waals surface area contributed by atoms with Crippen molar-refractivity contribution < 1.29 is 4.39 Å². The Labute approximate surface area is 156 Å². The smallest absolute Gasteiger partial charge is 0.204 e. The topological polar surface area (TPSA) is 59.7 Å². The minimum Gasteiger partial charge on any atom is -0.324 e. The van der Waals surface area contributed by atoms with Crippen LogP contribution in [0, 0.1) is 5.82 Å². The van der Waals surface area contributed by atoms with Crippen LogP contribution in [0.25, 0.3) is 21.9 Å². The average Bonchev–Trinajstić information content (AvgIpc) is 3.02. The van der Waals surface area contributed by atoms with Crippen molar-refractivity contribution in [2.75, 3.05) is 11.4 Å². The highest BCUT2D eigenvalue weighted by atomic mass is 79.9. The maximum atomic E-state index is 14.1. The van der Waals surface area contributed by atoms with Crippen LogP contribution in [0.4, 0.5) is 15.9 Å². The molecule has 1 aliphatic heterocycles. The molecule has 3 aromatic heterocycles. The first-order valence-corrected chi connectivity index (χ1v) is 9.11. The molecule has 0 bridgehead atoms. The van der Waals surface area contributed by atoms with Crippen molar-refractivity contribution in [3.05, 3.63) is 46.4 Å². The first-order chi connectivity index (χ1) is 12.6. The molecule has 4 aromatic rings. The van der Waals surface area contributed by atoms with Gasteiger partial charge in [0.1, 0.15) is 17.2 Å². The molecule has 0 fully saturated rings. The maximum Gasteiger partial charge on any atom is 0.204 e.